The van der Waals surface area contributed by atoms with Gasteiger partial charge in [-0.05, 0) is 36.8 Å². The number of anilines is 1. The summed E-state index contributed by atoms with van der Waals surface area (Å²) >= 11 is 1.14. The number of benzene rings is 1. The fraction of sp³-hybridized carbons (Fsp3) is 0.176. The van der Waals surface area contributed by atoms with E-state index in [9.17, 15) is 9.59 Å². The summed E-state index contributed by atoms with van der Waals surface area (Å²) in [5, 5.41) is 11.2. The summed E-state index contributed by atoms with van der Waals surface area (Å²) in [6.07, 6.45) is 1.50. The molecule has 2 heterocycles. The number of nitrogens with zero attached hydrogens (tertiary/aromatic N) is 3. The van der Waals surface area contributed by atoms with E-state index in [0.29, 0.717) is 16.7 Å². The van der Waals surface area contributed by atoms with Crippen molar-refractivity contribution >= 4 is 29.3 Å². The van der Waals surface area contributed by atoms with E-state index < -0.39 is 0 Å². The summed E-state index contributed by atoms with van der Waals surface area (Å²) in [4.78, 5) is 24.1. The summed E-state index contributed by atoms with van der Waals surface area (Å²) in [5.41, 5.74) is 1.79. The molecule has 0 spiro atoms. The van der Waals surface area contributed by atoms with Gasteiger partial charge >= 0.3 is 0 Å². The topological polar surface area (TPSA) is 90.0 Å². The van der Waals surface area contributed by atoms with E-state index in [-0.39, 0.29) is 17.6 Å². The third-order valence-corrected chi connectivity index (χ3v) is 4.25. The average Bonchev–Trinajstić information content (AvgIpc) is 3.22. The lowest BCUT2D eigenvalue weighted by Gasteiger charge is -2.06. The number of carbonyl (C=O) groups excluding carboxylic acids is 2. The first-order valence-electron chi connectivity index (χ1n) is 7.54. The first-order valence-corrected chi connectivity index (χ1v) is 8.52. The number of rotatable bonds is 5. The van der Waals surface area contributed by atoms with E-state index in [4.69, 9.17) is 4.42 Å². The quantitative estimate of drug-likeness (QED) is 0.706. The molecule has 0 aliphatic heterocycles. The Morgan fingerprint density at radius 1 is 1.24 bits per heavy atom. The molecule has 0 saturated carbocycles. The van der Waals surface area contributed by atoms with Gasteiger partial charge in [-0.25, -0.2) is 4.57 Å². The second kappa shape index (κ2) is 7.35. The Labute approximate surface area is 148 Å². The molecule has 25 heavy (non-hydrogen) atoms. The van der Waals surface area contributed by atoms with E-state index in [1.54, 1.807) is 12.1 Å². The lowest BCUT2D eigenvalue weighted by Crippen LogP contribution is -2.15. The Bertz CT molecular complexity index is 903. The number of thioether (sulfide) groups is 1. The summed E-state index contributed by atoms with van der Waals surface area (Å²) < 4.78 is 6.61. The SMILES string of the molecule is CC(=O)n1c(SCC(=O)Nc2cccc(C)c2)nnc1-c1ccco1. The van der Waals surface area contributed by atoms with Crippen molar-refractivity contribution in [3.63, 3.8) is 0 Å². The zero-order valence-corrected chi connectivity index (χ0v) is 14.5. The second-order valence-electron chi connectivity index (χ2n) is 5.34. The first kappa shape index (κ1) is 17.0. The molecule has 2 aromatic heterocycles. The van der Waals surface area contributed by atoms with Gasteiger partial charge in [0.1, 0.15) is 0 Å². The highest BCUT2D eigenvalue weighted by atomic mass is 32.2. The van der Waals surface area contributed by atoms with E-state index in [1.807, 2.05) is 31.2 Å². The van der Waals surface area contributed by atoms with Crippen molar-refractivity contribution in [2.24, 2.45) is 0 Å². The van der Waals surface area contributed by atoms with Crippen LogP contribution >= 0.6 is 11.8 Å². The minimum absolute atomic E-state index is 0.109. The van der Waals surface area contributed by atoms with Gasteiger partial charge in [0.05, 0.1) is 12.0 Å². The standard InChI is InChI=1S/C17H16N4O3S/c1-11-5-3-6-13(9-11)18-15(23)10-25-17-20-19-16(21(17)12(2)22)14-7-4-8-24-14/h3-9H,10H2,1-2H3,(H,18,23). The van der Waals surface area contributed by atoms with Crippen molar-refractivity contribution in [1.29, 1.82) is 0 Å². The molecule has 0 saturated heterocycles. The fourth-order valence-corrected chi connectivity index (χ4v) is 3.04. The van der Waals surface area contributed by atoms with Gasteiger partial charge in [-0.15, -0.1) is 10.2 Å². The van der Waals surface area contributed by atoms with Gasteiger partial charge in [0.25, 0.3) is 0 Å². The van der Waals surface area contributed by atoms with Gasteiger partial charge < -0.3 is 9.73 Å². The summed E-state index contributed by atoms with van der Waals surface area (Å²) in [5.74, 6) is 0.432. The normalized spacial score (nSPS) is 10.6. The lowest BCUT2D eigenvalue weighted by atomic mass is 10.2. The maximum atomic E-state index is 12.1. The molecule has 3 aromatic rings. The first-order chi connectivity index (χ1) is 12.0. The zero-order valence-electron chi connectivity index (χ0n) is 13.7. The van der Waals surface area contributed by atoms with Crippen molar-refractivity contribution in [2.75, 3.05) is 11.1 Å². The highest BCUT2D eigenvalue weighted by Gasteiger charge is 2.20. The summed E-state index contributed by atoms with van der Waals surface area (Å²) in [6.45, 7) is 3.36. The molecule has 0 radical (unpaired) electrons. The molecule has 0 bridgehead atoms. The predicted molar refractivity (Wildman–Crippen MR) is 94.6 cm³/mol. The molecular weight excluding hydrogens is 340 g/mol. The summed E-state index contributed by atoms with van der Waals surface area (Å²) in [6, 6.07) is 10.9. The third kappa shape index (κ3) is 3.97. The third-order valence-electron chi connectivity index (χ3n) is 3.32. The van der Waals surface area contributed by atoms with Crippen molar-refractivity contribution in [2.45, 2.75) is 19.0 Å². The Morgan fingerprint density at radius 3 is 2.76 bits per heavy atom. The number of hydrogen-bond acceptors (Lipinski definition) is 6. The molecule has 0 unspecified atom stereocenters. The summed E-state index contributed by atoms with van der Waals surface area (Å²) in [7, 11) is 0. The van der Waals surface area contributed by atoms with Crippen molar-refractivity contribution in [1.82, 2.24) is 14.8 Å². The fourth-order valence-electron chi connectivity index (χ4n) is 2.26. The van der Waals surface area contributed by atoms with Gasteiger partial charge in [0, 0.05) is 12.6 Å². The van der Waals surface area contributed by atoms with Gasteiger partial charge in [-0.2, -0.15) is 0 Å². The Morgan fingerprint density at radius 2 is 2.08 bits per heavy atom. The van der Waals surface area contributed by atoms with Gasteiger partial charge in [0.15, 0.2) is 10.9 Å². The molecule has 0 atom stereocenters. The molecule has 8 heteroatoms. The zero-order chi connectivity index (χ0) is 17.8. The number of hydrogen-bond donors (Lipinski definition) is 1. The molecule has 1 aromatic carbocycles. The Balaban J connectivity index is 1.71. The van der Waals surface area contributed by atoms with Crippen LogP contribution in [0.4, 0.5) is 5.69 Å². The van der Waals surface area contributed by atoms with Crippen molar-refractivity contribution in [3.8, 4) is 11.6 Å². The van der Waals surface area contributed by atoms with Crippen molar-refractivity contribution < 1.29 is 14.0 Å². The Hall–Kier alpha value is -2.87. The van der Waals surface area contributed by atoms with Crippen LogP contribution in [-0.2, 0) is 4.79 Å². The highest BCUT2D eigenvalue weighted by Crippen LogP contribution is 2.24. The number of amides is 1. The largest absolute Gasteiger partial charge is 0.461 e. The monoisotopic (exact) mass is 356 g/mol. The van der Waals surface area contributed by atoms with Crippen LogP contribution < -0.4 is 5.32 Å². The number of nitrogens with one attached hydrogen (secondary N) is 1. The molecule has 0 aliphatic carbocycles. The van der Waals surface area contributed by atoms with Crippen LogP contribution in [0.3, 0.4) is 0 Å². The van der Waals surface area contributed by atoms with E-state index in [0.717, 1.165) is 23.0 Å². The van der Waals surface area contributed by atoms with Crippen LogP contribution in [0.25, 0.3) is 11.6 Å². The minimum Gasteiger partial charge on any atom is -0.461 e. The van der Waals surface area contributed by atoms with E-state index >= 15 is 0 Å². The molecule has 128 valence electrons. The molecule has 0 fully saturated rings. The number of carbonyl (C=O) groups is 2. The van der Waals surface area contributed by atoms with Crippen LogP contribution in [0.1, 0.15) is 17.3 Å². The molecule has 1 amide bonds. The van der Waals surface area contributed by atoms with Crippen LogP contribution in [-0.4, -0.2) is 32.3 Å². The molecule has 3 rings (SSSR count). The maximum Gasteiger partial charge on any atom is 0.234 e. The van der Waals surface area contributed by atoms with Gasteiger partial charge in [0.2, 0.25) is 17.6 Å². The van der Waals surface area contributed by atoms with Gasteiger partial charge in [-0.1, -0.05) is 23.9 Å². The number of aryl methyl sites for hydroxylation is 1. The molecule has 0 aliphatic rings. The van der Waals surface area contributed by atoms with Gasteiger partial charge in [-0.3, -0.25) is 9.59 Å². The average molecular weight is 356 g/mol. The van der Waals surface area contributed by atoms with Crippen LogP contribution in [0.15, 0.2) is 52.2 Å². The molecule has 7 nitrogen and oxygen atoms in total. The van der Waals surface area contributed by atoms with Crippen molar-refractivity contribution in [3.05, 3.63) is 48.2 Å². The van der Waals surface area contributed by atoms with E-state index in [2.05, 4.69) is 15.5 Å². The number of aromatic nitrogens is 3. The molecule has 1 N–H and O–H groups in total. The van der Waals surface area contributed by atoms with E-state index in [1.165, 1.54) is 17.8 Å². The van der Waals surface area contributed by atoms with Crippen LogP contribution in [0.2, 0.25) is 0 Å². The van der Waals surface area contributed by atoms with Crippen LogP contribution in [0, 0.1) is 6.92 Å². The maximum absolute atomic E-state index is 12.1. The highest BCUT2D eigenvalue weighted by molar-refractivity contribution is 7.99. The smallest absolute Gasteiger partial charge is 0.234 e. The minimum atomic E-state index is -0.252. The predicted octanol–water partition coefficient (Wildman–Crippen LogP) is 3.24. The number of furan rings is 1. The lowest BCUT2D eigenvalue weighted by molar-refractivity contribution is -0.113. The Kier molecular flexibility index (Phi) is 4.99. The van der Waals surface area contributed by atoms with Crippen LogP contribution in [0.5, 0.6) is 0 Å². The molecular formula is C17H16N4O3S. The second-order valence-corrected chi connectivity index (χ2v) is 6.29.